The summed E-state index contributed by atoms with van der Waals surface area (Å²) < 4.78 is 29.3. The molecule has 0 aromatic heterocycles. The average Bonchev–Trinajstić information content (AvgIpc) is 2.66. The molecule has 0 radical (unpaired) electrons. The SMILES string of the molecule is CCOC(=O)c1ccc(S(=O)(=O)NNC(=O)c2ccc(CC)cc2)cc1. The van der Waals surface area contributed by atoms with Gasteiger partial charge in [-0.25, -0.2) is 13.2 Å². The van der Waals surface area contributed by atoms with Gasteiger partial charge in [0.1, 0.15) is 0 Å². The molecule has 0 aliphatic rings. The second-order valence-electron chi connectivity index (χ2n) is 5.35. The van der Waals surface area contributed by atoms with Crippen LogP contribution in [0.1, 0.15) is 40.1 Å². The van der Waals surface area contributed by atoms with E-state index in [9.17, 15) is 18.0 Å². The predicted octanol–water partition coefficient (Wildman–Crippen LogP) is 2.05. The van der Waals surface area contributed by atoms with Crippen LogP contribution in [0.2, 0.25) is 0 Å². The molecule has 2 aromatic carbocycles. The van der Waals surface area contributed by atoms with E-state index in [2.05, 4.69) is 5.43 Å². The van der Waals surface area contributed by atoms with Crippen molar-refractivity contribution in [1.82, 2.24) is 10.3 Å². The van der Waals surface area contributed by atoms with Crippen molar-refractivity contribution in [2.45, 2.75) is 25.2 Å². The third-order valence-electron chi connectivity index (χ3n) is 3.60. The first-order valence-electron chi connectivity index (χ1n) is 8.05. The Labute approximate surface area is 152 Å². The van der Waals surface area contributed by atoms with Crippen LogP contribution in [-0.4, -0.2) is 26.9 Å². The molecule has 0 atom stereocenters. The largest absolute Gasteiger partial charge is 0.462 e. The minimum absolute atomic E-state index is 0.0906. The number of hydrogen-bond donors (Lipinski definition) is 2. The Morgan fingerprint density at radius 1 is 0.923 bits per heavy atom. The van der Waals surface area contributed by atoms with Crippen LogP contribution >= 0.6 is 0 Å². The van der Waals surface area contributed by atoms with Crippen LogP contribution in [-0.2, 0) is 21.2 Å². The average molecular weight is 376 g/mol. The third-order valence-corrected chi connectivity index (χ3v) is 4.86. The van der Waals surface area contributed by atoms with Crippen LogP contribution < -0.4 is 10.3 Å². The van der Waals surface area contributed by atoms with Gasteiger partial charge in [-0.1, -0.05) is 19.1 Å². The van der Waals surface area contributed by atoms with E-state index >= 15 is 0 Å². The number of rotatable bonds is 7. The normalized spacial score (nSPS) is 11.0. The predicted molar refractivity (Wildman–Crippen MR) is 96.0 cm³/mol. The zero-order valence-electron chi connectivity index (χ0n) is 14.5. The zero-order chi connectivity index (χ0) is 19.2. The molecule has 0 fully saturated rings. The summed E-state index contributed by atoms with van der Waals surface area (Å²) >= 11 is 0. The van der Waals surface area contributed by atoms with Crippen LogP contribution in [0.3, 0.4) is 0 Å². The molecule has 0 bridgehead atoms. The van der Waals surface area contributed by atoms with Crippen molar-refractivity contribution in [2.75, 3.05) is 6.61 Å². The Bertz CT molecular complexity index is 875. The highest BCUT2D eigenvalue weighted by molar-refractivity contribution is 7.89. The van der Waals surface area contributed by atoms with Gasteiger partial charge < -0.3 is 4.74 Å². The Morgan fingerprint density at radius 3 is 2.04 bits per heavy atom. The summed E-state index contributed by atoms with van der Waals surface area (Å²) in [7, 11) is -3.96. The highest BCUT2D eigenvalue weighted by Gasteiger charge is 2.17. The summed E-state index contributed by atoms with van der Waals surface area (Å²) in [5, 5.41) is 0. The maximum absolute atomic E-state index is 12.2. The number of carbonyl (C=O) groups is 2. The molecular formula is C18H20N2O5S. The van der Waals surface area contributed by atoms with Crippen LogP contribution in [0.4, 0.5) is 0 Å². The van der Waals surface area contributed by atoms with Gasteiger partial charge in [-0.2, -0.15) is 0 Å². The van der Waals surface area contributed by atoms with E-state index in [1.807, 2.05) is 11.8 Å². The summed E-state index contributed by atoms with van der Waals surface area (Å²) in [5.74, 6) is -1.10. The molecule has 8 heteroatoms. The number of hydrogen-bond acceptors (Lipinski definition) is 5. The van der Waals surface area contributed by atoms with Gasteiger partial charge in [-0.15, -0.1) is 4.83 Å². The second kappa shape index (κ2) is 8.59. The molecule has 138 valence electrons. The molecule has 2 N–H and O–H groups in total. The van der Waals surface area contributed by atoms with E-state index in [0.717, 1.165) is 12.0 Å². The fourth-order valence-electron chi connectivity index (χ4n) is 2.12. The molecule has 1 amide bonds. The van der Waals surface area contributed by atoms with Crippen molar-refractivity contribution in [3.05, 3.63) is 65.2 Å². The molecule has 0 saturated heterocycles. The van der Waals surface area contributed by atoms with Gasteiger partial charge in [0.05, 0.1) is 17.1 Å². The number of ether oxygens (including phenoxy) is 1. The minimum atomic E-state index is -3.96. The fourth-order valence-corrected chi connectivity index (χ4v) is 2.96. The van der Waals surface area contributed by atoms with Gasteiger partial charge in [0, 0.05) is 5.56 Å². The lowest BCUT2D eigenvalue weighted by Gasteiger charge is -2.09. The highest BCUT2D eigenvalue weighted by atomic mass is 32.2. The quantitative estimate of drug-likeness (QED) is 0.569. The summed E-state index contributed by atoms with van der Waals surface area (Å²) in [6, 6.07) is 12.1. The van der Waals surface area contributed by atoms with Crippen LogP contribution in [0.25, 0.3) is 0 Å². The van der Waals surface area contributed by atoms with Gasteiger partial charge in [-0.05, 0) is 55.3 Å². The standard InChI is InChI=1S/C18H20N2O5S/c1-3-13-5-7-14(8-6-13)17(21)19-20-26(23,24)16-11-9-15(10-12-16)18(22)25-4-2/h5-12,20H,3-4H2,1-2H3,(H,19,21). The number of benzene rings is 2. The molecule has 0 saturated carbocycles. The van der Waals surface area contributed by atoms with Gasteiger partial charge in [0.2, 0.25) is 0 Å². The lowest BCUT2D eigenvalue weighted by atomic mass is 10.1. The number of nitrogens with one attached hydrogen (secondary N) is 2. The molecule has 2 aromatic rings. The van der Waals surface area contributed by atoms with E-state index in [-0.39, 0.29) is 17.1 Å². The number of carbonyl (C=O) groups excluding carboxylic acids is 2. The summed E-state index contributed by atoms with van der Waals surface area (Å²) in [4.78, 5) is 25.6. The molecule has 0 heterocycles. The van der Waals surface area contributed by atoms with Crippen LogP contribution in [0.15, 0.2) is 53.4 Å². The van der Waals surface area contributed by atoms with Gasteiger partial charge in [0.15, 0.2) is 0 Å². The molecule has 0 spiro atoms. The van der Waals surface area contributed by atoms with E-state index in [0.29, 0.717) is 5.56 Å². The number of sulfonamides is 1. The molecular weight excluding hydrogens is 356 g/mol. The van der Waals surface area contributed by atoms with Crippen LogP contribution in [0.5, 0.6) is 0 Å². The molecule has 0 aliphatic heterocycles. The molecule has 26 heavy (non-hydrogen) atoms. The van der Waals surface area contributed by atoms with Crippen molar-refractivity contribution < 1.29 is 22.7 Å². The van der Waals surface area contributed by atoms with Gasteiger partial charge >= 0.3 is 5.97 Å². The summed E-state index contributed by atoms with van der Waals surface area (Å²) in [5.41, 5.74) is 3.81. The molecule has 0 aliphatic carbocycles. The number of esters is 1. The zero-order valence-corrected chi connectivity index (χ0v) is 15.3. The van der Waals surface area contributed by atoms with E-state index < -0.39 is 21.9 Å². The van der Waals surface area contributed by atoms with Crippen molar-refractivity contribution in [2.24, 2.45) is 0 Å². The Kier molecular flexibility index (Phi) is 6.48. The molecule has 0 unspecified atom stereocenters. The minimum Gasteiger partial charge on any atom is -0.462 e. The summed E-state index contributed by atoms with van der Waals surface area (Å²) in [6.07, 6.45) is 0.844. The van der Waals surface area contributed by atoms with Crippen molar-refractivity contribution in [3.8, 4) is 0 Å². The molecule has 7 nitrogen and oxygen atoms in total. The second-order valence-corrected chi connectivity index (χ2v) is 7.04. The first kappa shape index (κ1) is 19.6. The fraction of sp³-hybridized carbons (Fsp3) is 0.222. The smallest absolute Gasteiger partial charge is 0.338 e. The van der Waals surface area contributed by atoms with E-state index in [4.69, 9.17) is 4.74 Å². The lowest BCUT2D eigenvalue weighted by Crippen LogP contribution is -2.41. The number of hydrazine groups is 1. The van der Waals surface area contributed by atoms with Crippen molar-refractivity contribution in [1.29, 1.82) is 0 Å². The van der Waals surface area contributed by atoms with Gasteiger partial charge in [-0.3, -0.25) is 10.2 Å². The maximum atomic E-state index is 12.2. The lowest BCUT2D eigenvalue weighted by molar-refractivity contribution is 0.0526. The van der Waals surface area contributed by atoms with E-state index in [1.165, 1.54) is 24.3 Å². The Morgan fingerprint density at radius 2 is 1.50 bits per heavy atom. The van der Waals surface area contributed by atoms with Gasteiger partial charge in [0.25, 0.3) is 15.9 Å². The first-order valence-corrected chi connectivity index (χ1v) is 9.54. The first-order chi connectivity index (χ1) is 12.4. The topological polar surface area (TPSA) is 102 Å². The van der Waals surface area contributed by atoms with Crippen molar-refractivity contribution >= 4 is 21.9 Å². The Balaban J connectivity index is 2.03. The molecule has 2 rings (SSSR count). The van der Waals surface area contributed by atoms with Crippen LogP contribution in [0, 0.1) is 0 Å². The number of amides is 1. The van der Waals surface area contributed by atoms with Crippen molar-refractivity contribution in [3.63, 3.8) is 0 Å². The third kappa shape index (κ3) is 4.90. The maximum Gasteiger partial charge on any atom is 0.338 e. The monoisotopic (exact) mass is 376 g/mol. The Hall–Kier alpha value is -2.71. The number of aryl methyl sites for hydroxylation is 1. The highest BCUT2D eigenvalue weighted by Crippen LogP contribution is 2.11. The van der Waals surface area contributed by atoms with E-state index in [1.54, 1.807) is 31.2 Å². The summed E-state index contributed by atoms with van der Waals surface area (Å²) in [6.45, 7) is 3.90.